The van der Waals surface area contributed by atoms with Gasteiger partial charge in [0.05, 0.1) is 6.54 Å². The second-order valence-electron chi connectivity index (χ2n) is 7.42. The third-order valence-corrected chi connectivity index (χ3v) is 5.03. The van der Waals surface area contributed by atoms with Crippen molar-refractivity contribution >= 4 is 11.8 Å². The van der Waals surface area contributed by atoms with Gasteiger partial charge in [-0.15, -0.1) is 0 Å². The lowest BCUT2D eigenvalue weighted by molar-refractivity contribution is -0.133. The highest BCUT2D eigenvalue weighted by Crippen LogP contribution is 2.27. The van der Waals surface area contributed by atoms with E-state index in [9.17, 15) is 9.59 Å². The third-order valence-electron chi connectivity index (χ3n) is 5.03. The van der Waals surface area contributed by atoms with Crippen LogP contribution in [0.3, 0.4) is 0 Å². The van der Waals surface area contributed by atoms with Crippen LogP contribution in [0.5, 0.6) is 0 Å². The van der Waals surface area contributed by atoms with Gasteiger partial charge in [0.15, 0.2) is 0 Å². The summed E-state index contributed by atoms with van der Waals surface area (Å²) in [5.74, 6) is 1.16. The summed E-state index contributed by atoms with van der Waals surface area (Å²) in [6.45, 7) is 7.53. The molecular formula is C18H33N3O2. The molecule has 5 nitrogen and oxygen atoms in total. The average molecular weight is 323 g/mol. The monoisotopic (exact) mass is 323 g/mol. The Hall–Kier alpha value is -1.10. The van der Waals surface area contributed by atoms with Crippen molar-refractivity contribution in [2.45, 2.75) is 64.8 Å². The van der Waals surface area contributed by atoms with Crippen LogP contribution in [-0.2, 0) is 9.59 Å². The maximum absolute atomic E-state index is 12.3. The van der Waals surface area contributed by atoms with Crippen LogP contribution >= 0.6 is 0 Å². The fourth-order valence-electron chi connectivity index (χ4n) is 3.69. The average Bonchev–Trinajstić information content (AvgIpc) is 2.53. The van der Waals surface area contributed by atoms with Gasteiger partial charge in [-0.25, -0.2) is 0 Å². The molecule has 0 unspecified atom stereocenters. The van der Waals surface area contributed by atoms with Crippen LogP contribution in [0.4, 0.5) is 0 Å². The van der Waals surface area contributed by atoms with E-state index < -0.39 is 0 Å². The Balaban J connectivity index is 1.63. The van der Waals surface area contributed by atoms with Gasteiger partial charge in [-0.2, -0.15) is 0 Å². The number of carbonyl (C=O) groups excluding carboxylic acids is 2. The molecule has 0 aromatic heterocycles. The van der Waals surface area contributed by atoms with Crippen LogP contribution in [0.25, 0.3) is 0 Å². The Morgan fingerprint density at radius 1 is 1.04 bits per heavy atom. The lowest BCUT2D eigenvalue weighted by Gasteiger charge is -2.34. The highest BCUT2D eigenvalue weighted by molar-refractivity contribution is 5.78. The van der Waals surface area contributed by atoms with Crippen molar-refractivity contribution in [2.24, 2.45) is 5.92 Å². The molecule has 1 saturated heterocycles. The van der Waals surface area contributed by atoms with E-state index in [0.717, 1.165) is 38.5 Å². The lowest BCUT2D eigenvalue weighted by Crippen LogP contribution is -2.51. The van der Waals surface area contributed by atoms with Crippen LogP contribution in [0.1, 0.15) is 58.8 Å². The minimum atomic E-state index is 0.0806. The topological polar surface area (TPSA) is 52.7 Å². The molecule has 2 amide bonds. The predicted molar refractivity (Wildman–Crippen MR) is 92.1 cm³/mol. The molecular weight excluding hydrogens is 290 g/mol. The van der Waals surface area contributed by atoms with Gasteiger partial charge in [0.2, 0.25) is 11.8 Å². The van der Waals surface area contributed by atoms with Crippen molar-refractivity contribution in [1.29, 1.82) is 0 Å². The highest BCUT2D eigenvalue weighted by Gasteiger charge is 2.23. The van der Waals surface area contributed by atoms with E-state index in [1.807, 2.05) is 18.7 Å². The molecule has 5 heteroatoms. The molecule has 2 aliphatic rings. The van der Waals surface area contributed by atoms with Gasteiger partial charge >= 0.3 is 0 Å². The minimum absolute atomic E-state index is 0.0806. The van der Waals surface area contributed by atoms with Gasteiger partial charge in [0.1, 0.15) is 0 Å². The van der Waals surface area contributed by atoms with E-state index in [1.54, 1.807) is 0 Å². The largest absolute Gasteiger partial charge is 0.353 e. The van der Waals surface area contributed by atoms with E-state index in [-0.39, 0.29) is 11.9 Å². The van der Waals surface area contributed by atoms with Crippen LogP contribution in [0.15, 0.2) is 0 Å². The third kappa shape index (κ3) is 6.50. The van der Waals surface area contributed by atoms with Crippen LogP contribution in [-0.4, -0.2) is 60.4 Å². The molecule has 132 valence electrons. The molecule has 1 heterocycles. The van der Waals surface area contributed by atoms with Gasteiger partial charge in [-0.1, -0.05) is 32.1 Å². The van der Waals surface area contributed by atoms with Crippen molar-refractivity contribution in [3.63, 3.8) is 0 Å². The first-order valence-electron chi connectivity index (χ1n) is 9.34. The van der Waals surface area contributed by atoms with Crippen molar-refractivity contribution in [3.05, 3.63) is 0 Å². The number of hydrogen-bond donors (Lipinski definition) is 1. The maximum Gasteiger partial charge on any atom is 0.234 e. The highest BCUT2D eigenvalue weighted by atomic mass is 16.2. The zero-order valence-corrected chi connectivity index (χ0v) is 14.9. The molecule has 1 aliphatic heterocycles. The van der Waals surface area contributed by atoms with Gasteiger partial charge < -0.3 is 10.2 Å². The Morgan fingerprint density at radius 3 is 2.30 bits per heavy atom. The van der Waals surface area contributed by atoms with E-state index in [4.69, 9.17) is 0 Å². The minimum Gasteiger partial charge on any atom is -0.353 e. The van der Waals surface area contributed by atoms with Crippen molar-refractivity contribution in [3.8, 4) is 0 Å². The van der Waals surface area contributed by atoms with Crippen molar-refractivity contribution in [1.82, 2.24) is 15.1 Å². The van der Waals surface area contributed by atoms with Gasteiger partial charge in [-0.05, 0) is 26.2 Å². The number of nitrogens with zero attached hydrogens (tertiary/aromatic N) is 2. The number of carbonyl (C=O) groups is 2. The van der Waals surface area contributed by atoms with Crippen molar-refractivity contribution < 1.29 is 9.59 Å². The fourth-order valence-corrected chi connectivity index (χ4v) is 3.69. The number of nitrogens with one attached hydrogen (secondary N) is 1. The Bertz CT molecular complexity index is 384. The van der Waals surface area contributed by atoms with E-state index >= 15 is 0 Å². The smallest absolute Gasteiger partial charge is 0.234 e. The number of rotatable bonds is 6. The Labute approximate surface area is 140 Å². The molecule has 0 aromatic carbocycles. The summed E-state index contributed by atoms with van der Waals surface area (Å²) in [5.41, 5.74) is 0. The van der Waals surface area contributed by atoms with Gasteiger partial charge in [0, 0.05) is 38.6 Å². The molecule has 0 radical (unpaired) electrons. The zero-order valence-electron chi connectivity index (χ0n) is 14.9. The Morgan fingerprint density at radius 2 is 1.70 bits per heavy atom. The number of piperazine rings is 1. The predicted octanol–water partition coefficient (Wildman–Crippen LogP) is 2.02. The maximum atomic E-state index is 12.3. The second-order valence-corrected chi connectivity index (χ2v) is 7.42. The van der Waals surface area contributed by atoms with E-state index in [1.165, 1.54) is 32.1 Å². The number of hydrogen-bond acceptors (Lipinski definition) is 3. The second kappa shape index (κ2) is 9.26. The zero-order chi connectivity index (χ0) is 16.7. The SMILES string of the molecule is CC(C)NC(=O)CN1CCN(C(=O)CCC2CCCCC2)CC1. The summed E-state index contributed by atoms with van der Waals surface area (Å²) in [7, 11) is 0. The van der Waals surface area contributed by atoms with Gasteiger partial charge in [0.25, 0.3) is 0 Å². The quantitative estimate of drug-likeness (QED) is 0.813. The summed E-state index contributed by atoms with van der Waals surface area (Å²) < 4.78 is 0. The summed E-state index contributed by atoms with van der Waals surface area (Å²) in [4.78, 5) is 28.3. The molecule has 1 N–H and O–H groups in total. The molecule has 2 fully saturated rings. The first kappa shape index (κ1) is 18.2. The van der Waals surface area contributed by atoms with E-state index in [0.29, 0.717) is 18.9 Å². The van der Waals surface area contributed by atoms with Crippen LogP contribution in [0.2, 0.25) is 0 Å². The molecule has 23 heavy (non-hydrogen) atoms. The van der Waals surface area contributed by atoms with E-state index in [2.05, 4.69) is 10.2 Å². The summed E-state index contributed by atoms with van der Waals surface area (Å²) in [6, 6.07) is 0.185. The first-order chi connectivity index (χ1) is 11.0. The van der Waals surface area contributed by atoms with Crippen LogP contribution in [0, 0.1) is 5.92 Å². The number of amides is 2. The Kier molecular flexibility index (Phi) is 7.34. The summed E-state index contributed by atoms with van der Waals surface area (Å²) in [5, 5.41) is 2.92. The molecule has 0 atom stereocenters. The molecule has 1 aliphatic carbocycles. The summed E-state index contributed by atoms with van der Waals surface area (Å²) in [6.07, 6.45) is 8.45. The normalized spacial score (nSPS) is 20.7. The van der Waals surface area contributed by atoms with Crippen LogP contribution < -0.4 is 5.32 Å². The molecule has 0 spiro atoms. The molecule has 1 saturated carbocycles. The lowest BCUT2D eigenvalue weighted by atomic mass is 9.86. The van der Waals surface area contributed by atoms with Gasteiger partial charge in [-0.3, -0.25) is 14.5 Å². The molecule has 2 rings (SSSR count). The molecule has 0 aromatic rings. The summed E-state index contributed by atoms with van der Waals surface area (Å²) >= 11 is 0. The molecule has 0 bridgehead atoms. The van der Waals surface area contributed by atoms with Crippen molar-refractivity contribution in [2.75, 3.05) is 32.7 Å². The standard InChI is InChI=1S/C18H33N3O2/c1-15(2)19-17(22)14-20-10-12-21(13-11-20)18(23)9-8-16-6-4-3-5-7-16/h15-16H,3-14H2,1-2H3,(H,19,22). The first-order valence-corrected chi connectivity index (χ1v) is 9.34. The fraction of sp³-hybridized carbons (Fsp3) is 0.889.